The highest BCUT2D eigenvalue weighted by atomic mass is 35.5. The van der Waals surface area contributed by atoms with E-state index < -0.39 is 17.5 Å². The third-order valence-corrected chi connectivity index (χ3v) is 4.60. The molecule has 2 aromatic carbocycles. The van der Waals surface area contributed by atoms with Crippen LogP contribution >= 0.6 is 34.8 Å². The Hall–Kier alpha value is -2.15. The first-order chi connectivity index (χ1) is 12.4. The van der Waals surface area contributed by atoms with E-state index in [2.05, 4.69) is 10.4 Å². The molecule has 9 heteroatoms. The van der Waals surface area contributed by atoms with Gasteiger partial charge in [-0.3, -0.25) is 4.79 Å². The number of halogens is 5. The number of aromatic nitrogens is 2. The molecule has 0 aliphatic heterocycles. The molecule has 1 N–H and O–H groups in total. The zero-order valence-electron chi connectivity index (χ0n) is 12.9. The highest BCUT2D eigenvalue weighted by Gasteiger charge is 2.17. The molecule has 0 fully saturated rings. The van der Waals surface area contributed by atoms with Crippen LogP contribution in [0.25, 0.3) is 0 Å². The van der Waals surface area contributed by atoms with Gasteiger partial charge in [0.2, 0.25) is 0 Å². The maximum atomic E-state index is 13.4. The Labute approximate surface area is 162 Å². The molecule has 0 spiro atoms. The van der Waals surface area contributed by atoms with Crippen molar-refractivity contribution in [1.29, 1.82) is 0 Å². The summed E-state index contributed by atoms with van der Waals surface area (Å²) >= 11 is 18.1. The van der Waals surface area contributed by atoms with Crippen molar-refractivity contribution in [3.8, 4) is 0 Å². The topological polar surface area (TPSA) is 46.9 Å². The van der Waals surface area contributed by atoms with E-state index in [4.69, 9.17) is 34.8 Å². The molecule has 0 aliphatic carbocycles. The standard InChI is InChI=1S/C17H10Cl3F2N3O/c18-11-2-1-3-12(19)10(11)8-25-16(4-5-23-25)24-17(26)9-6-14(21)15(22)7-13(9)20/h1-7H,8H2,(H,24,26). The lowest BCUT2D eigenvalue weighted by Crippen LogP contribution is -2.17. The molecule has 134 valence electrons. The van der Waals surface area contributed by atoms with Crippen LogP contribution in [-0.4, -0.2) is 15.7 Å². The Morgan fingerprint density at radius 2 is 1.69 bits per heavy atom. The lowest BCUT2D eigenvalue weighted by molar-refractivity contribution is 0.102. The molecule has 3 aromatic rings. The molecule has 0 saturated carbocycles. The molecule has 0 radical (unpaired) electrons. The highest BCUT2D eigenvalue weighted by Crippen LogP contribution is 2.26. The molecule has 1 heterocycles. The van der Waals surface area contributed by atoms with Crippen molar-refractivity contribution in [3.63, 3.8) is 0 Å². The number of carbonyl (C=O) groups is 1. The predicted molar refractivity (Wildman–Crippen MR) is 97.1 cm³/mol. The summed E-state index contributed by atoms with van der Waals surface area (Å²) in [6, 6.07) is 8.10. The van der Waals surface area contributed by atoms with Crippen LogP contribution in [0.2, 0.25) is 15.1 Å². The Kier molecular flexibility index (Phi) is 5.46. The smallest absolute Gasteiger partial charge is 0.258 e. The van der Waals surface area contributed by atoms with Gasteiger partial charge in [-0.1, -0.05) is 40.9 Å². The van der Waals surface area contributed by atoms with Gasteiger partial charge in [0.15, 0.2) is 11.6 Å². The van der Waals surface area contributed by atoms with Crippen LogP contribution in [0.15, 0.2) is 42.6 Å². The van der Waals surface area contributed by atoms with Crippen LogP contribution in [0.3, 0.4) is 0 Å². The van der Waals surface area contributed by atoms with E-state index >= 15 is 0 Å². The number of amides is 1. The van der Waals surface area contributed by atoms with E-state index in [1.54, 1.807) is 18.2 Å². The molecule has 1 amide bonds. The van der Waals surface area contributed by atoms with Gasteiger partial charge in [-0.15, -0.1) is 0 Å². The Morgan fingerprint density at radius 3 is 2.38 bits per heavy atom. The average molecular weight is 417 g/mol. The second-order valence-corrected chi connectivity index (χ2v) is 6.50. The van der Waals surface area contributed by atoms with Crippen molar-refractivity contribution in [2.45, 2.75) is 6.54 Å². The maximum Gasteiger partial charge on any atom is 0.258 e. The van der Waals surface area contributed by atoms with Gasteiger partial charge in [0.05, 0.1) is 23.3 Å². The van der Waals surface area contributed by atoms with E-state index in [0.29, 0.717) is 21.4 Å². The van der Waals surface area contributed by atoms with E-state index in [1.807, 2.05) is 0 Å². The Morgan fingerprint density at radius 1 is 1.04 bits per heavy atom. The molecule has 26 heavy (non-hydrogen) atoms. The van der Waals surface area contributed by atoms with Gasteiger partial charge in [0.1, 0.15) is 5.82 Å². The minimum atomic E-state index is -1.17. The Bertz CT molecular complexity index is 971. The molecular formula is C17H10Cl3F2N3O. The summed E-state index contributed by atoms with van der Waals surface area (Å²) in [6.45, 7) is 0.201. The summed E-state index contributed by atoms with van der Waals surface area (Å²) in [7, 11) is 0. The van der Waals surface area contributed by atoms with Gasteiger partial charge in [-0.05, 0) is 24.3 Å². The van der Waals surface area contributed by atoms with Crippen molar-refractivity contribution in [1.82, 2.24) is 9.78 Å². The van der Waals surface area contributed by atoms with E-state index in [0.717, 1.165) is 12.1 Å². The quantitative estimate of drug-likeness (QED) is 0.577. The molecule has 0 saturated heterocycles. The molecule has 4 nitrogen and oxygen atoms in total. The van der Waals surface area contributed by atoms with Crippen molar-refractivity contribution in [3.05, 3.63) is 80.4 Å². The van der Waals surface area contributed by atoms with Crippen LogP contribution in [0.5, 0.6) is 0 Å². The molecule has 3 rings (SSSR count). The fourth-order valence-electron chi connectivity index (χ4n) is 2.28. The summed E-state index contributed by atoms with van der Waals surface area (Å²) < 4.78 is 28.0. The van der Waals surface area contributed by atoms with Gasteiger partial charge in [-0.2, -0.15) is 5.10 Å². The SMILES string of the molecule is O=C(Nc1ccnn1Cc1c(Cl)cccc1Cl)c1cc(F)c(F)cc1Cl. The van der Waals surface area contributed by atoms with Gasteiger partial charge >= 0.3 is 0 Å². The number of nitrogens with one attached hydrogen (secondary N) is 1. The molecule has 0 atom stereocenters. The first-order valence-corrected chi connectivity index (χ1v) is 8.41. The normalized spacial score (nSPS) is 10.8. The van der Waals surface area contributed by atoms with Crippen LogP contribution < -0.4 is 5.32 Å². The number of rotatable bonds is 4. The first-order valence-electron chi connectivity index (χ1n) is 7.27. The van der Waals surface area contributed by atoms with Crippen molar-refractivity contribution in [2.24, 2.45) is 0 Å². The number of carbonyl (C=O) groups excluding carboxylic acids is 1. The van der Waals surface area contributed by atoms with Gasteiger partial charge in [0.25, 0.3) is 5.91 Å². The second kappa shape index (κ2) is 7.61. The number of hydrogen-bond donors (Lipinski definition) is 1. The van der Waals surface area contributed by atoms with Crippen molar-refractivity contribution >= 4 is 46.5 Å². The lowest BCUT2D eigenvalue weighted by Gasteiger charge is -2.12. The van der Waals surface area contributed by atoms with Gasteiger partial charge < -0.3 is 5.32 Å². The number of hydrogen-bond acceptors (Lipinski definition) is 2. The largest absolute Gasteiger partial charge is 0.307 e. The van der Waals surface area contributed by atoms with Crippen LogP contribution in [0.1, 0.15) is 15.9 Å². The maximum absolute atomic E-state index is 13.4. The highest BCUT2D eigenvalue weighted by molar-refractivity contribution is 6.36. The minimum absolute atomic E-state index is 0.200. The number of anilines is 1. The minimum Gasteiger partial charge on any atom is -0.307 e. The average Bonchev–Trinajstić information content (AvgIpc) is 3.01. The van der Waals surface area contributed by atoms with Crippen LogP contribution in [-0.2, 0) is 6.54 Å². The summed E-state index contributed by atoms with van der Waals surface area (Å²) in [5.41, 5.74) is 0.426. The summed E-state index contributed by atoms with van der Waals surface area (Å²) in [6.07, 6.45) is 1.47. The van der Waals surface area contributed by atoms with E-state index in [-0.39, 0.29) is 17.1 Å². The summed E-state index contributed by atoms with van der Waals surface area (Å²) in [4.78, 5) is 12.4. The van der Waals surface area contributed by atoms with E-state index in [9.17, 15) is 13.6 Å². The Balaban J connectivity index is 1.86. The molecule has 1 aromatic heterocycles. The molecule has 0 aliphatic rings. The van der Waals surface area contributed by atoms with E-state index in [1.165, 1.54) is 16.9 Å². The second-order valence-electron chi connectivity index (χ2n) is 5.27. The molecule has 0 bridgehead atoms. The number of benzene rings is 2. The zero-order chi connectivity index (χ0) is 18.8. The number of nitrogens with zero attached hydrogens (tertiary/aromatic N) is 2. The third-order valence-electron chi connectivity index (χ3n) is 3.58. The van der Waals surface area contributed by atoms with Gasteiger partial charge in [0, 0.05) is 21.7 Å². The summed E-state index contributed by atoms with van der Waals surface area (Å²) in [5.74, 6) is -2.70. The summed E-state index contributed by atoms with van der Waals surface area (Å²) in [5, 5.41) is 7.37. The fourth-order valence-corrected chi connectivity index (χ4v) is 3.03. The van der Waals surface area contributed by atoms with Crippen LogP contribution in [0.4, 0.5) is 14.6 Å². The third kappa shape index (κ3) is 3.82. The monoisotopic (exact) mass is 415 g/mol. The molecule has 0 unspecified atom stereocenters. The first kappa shape index (κ1) is 18.6. The van der Waals surface area contributed by atoms with Crippen molar-refractivity contribution < 1.29 is 13.6 Å². The predicted octanol–water partition coefficient (Wildman–Crippen LogP) is 5.42. The lowest BCUT2D eigenvalue weighted by atomic mass is 10.2. The molecular weight excluding hydrogens is 407 g/mol. The zero-order valence-corrected chi connectivity index (χ0v) is 15.2. The fraction of sp³-hybridized carbons (Fsp3) is 0.0588. The van der Waals surface area contributed by atoms with Crippen LogP contribution in [0, 0.1) is 11.6 Å². The van der Waals surface area contributed by atoms with Crippen molar-refractivity contribution in [2.75, 3.05) is 5.32 Å². The van der Waals surface area contributed by atoms with Gasteiger partial charge in [-0.25, -0.2) is 13.5 Å².